The summed E-state index contributed by atoms with van der Waals surface area (Å²) in [7, 11) is 0. The molecule has 29 heavy (non-hydrogen) atoms. The van der Waals surface area contributed by atoms with E-state index in [0.717, 1.165) is 49.9 Å². The van der Waals surface area contributed by atoms with Gasteiger partial charge in [0.25, 0.3) is 0 Å². The van der Waals surface area contributed by atoms with Gasteiger partial charge >= 0.3 is 5.97 Å². The number of esters is 1. The molecule has 0 amide bonds. The zero-order chi connectivity index (χ0) is 21.1. The predicted molar refractivity (Wildman–Crippen MR) is 124 cm³/mol. The van der Waals surface area contributed by atoms with Crippen molar-refractivity contribution in [1.29, 1.82) is 0 Å². The third-order valence-electron chi connectivity index (χ3n) is 7.48. The fraction of sp³-hybridized carbons (Fsp3) is 0.889. The average Bonchev–Trinajstić information content (AvgIpc) is 2.72. The average molecular weight is 405 g/mol. The van der Waals surface area contributed by atoms with Crippen LogP contribution in [0.5, 0.6) is 0 Å². The minimum Gasteiger partial charge on any atom is -0.462 e. The van der Waals surface area contributed by atoms with Crippen LogP contribution in [0.3, 0.4) is 0 Å². The highest BCUT2D eigenvalue weighted by Gasteiger charge is 2.28. The normalized spacial score (nSPS) is 30.7. The van der Waals surface area contributed by atoms with E-state index in [0.29, 0.717) is 0 Å². The summed E-state index contributed by atoms with van der Waals surface area (Å²) in [5.41, 5.74) is 1.28. The van der Waals surface area contributed by atoms with Crippen LogP contribution in [-0.4, -0.2) is 12.1 Å². The molecule has 0 bridgehead atoms. The molecule has 0 heterocycles. The van der Waals surface area contributed by atoms with Crippen molar-refractivity contribution in [2.75, 3.05) is 0 Å². The zero-order valence-corrected chi connectivity index (χ0v) is 19.7. The van der Waals surface area contributed by atoms with Crippen molar-refractivity contribution in [2.45, 2.75) is 130 Å². The monoisotopic (exact) mass is 404 g/mol. The summed E-state index contributed by atoms with van der Waals surface area (Å²) in [5.74, 6) is 3.15. The summed E-state index contributed by atoms with van der Waals surface area (Å²) in [6.07, 6.45) is 20.5. The van der Waals surface area contributed by atoms with Crippen LogP contribution in [0.15, 0.2) is 12.2 Å². The third kappa shape index (κ3) is 9.71. The summed E-state index contributed by atoms with van der Waals surface area (Å²) in [4.78, 5) is 12.1. The van der Waals surface area contributed by atoms with E-state index in [1.807, 2.05) is 0 Å². The summed E-state index contributed by atoms with van der Waals surface area (Å²) in [5, 5.41) is 0. The molecule has 0 aromatic rings. The predicted octanol–water partition coefficient (Wildman–Crippen LogP) is 8.25. The van der Waals surface area contributed by atoms with Gasteiger partial charge in [-0.15, -0.1) is 6.58 Å². The van der Waals surface area contributed by atoms with E-state index in [1.54, 1.807) is 0 Å². The summed E-state index contributed by atoms with van der Waals surface area (Å²) < 4.78 is 5.72. The van der Waals surface area contributed by atoms with Crippen LogP contribution >= 0.6 is 0 Å². The van der Waals surface area contributed by atoms with Gasteiger partial charge in [0.05, 0.1) is 5.92 Å². The standard InChI is InChI=1S/C17H28O2.C10H20/c1-13(2)12-14-8-10-16(11-9-14)19-17(18)15-6-4-3-5-7-15;1-3-4-10-7-5-9(2)6-8-10/h14-16H,1,3-12H2,2H3;9-10H,3-8H2,1-2H3. The van der Waals surface area contributed by atoms with E-state index in [2.05, 4.69) is 27.4 Å². The molecule has 0 saturated heterocycles. The molecule has 3 rings (SSSR count). The van der Waals surface area contributed by atoms with Crippen molar-refractivity contribution in [3.8, 4) is 0 Å². The first kappa shape index (κ1) is 24.5. The number of hydrogen-bond acceptors (Lipinski definition) is 2. The Hall–Kier alpha value is -0.790. The summed E-state index contributed by atoms with van der Waals surface area (Å²) >= 11 is 0. The Kier molecular flexibility index (Phi) is 11.4. The molecule has 0 atom stereocenters. The van der Waals surface area contributed by atoms with Gasteiger partial charge in [-0.2, -0.15) is 0 Å². The number of ether oxygens (including phenoxy) is 1. The van der Waals surface area contributed by atoms with E-state index in [9.17, 15) is 4.79 Å². The Labute approximate surface area is 181 Å². The van der Waals surface area contributed by atoms with Crippen molar-refractivity contribution in [1.82, 2.24) is 0 Å². The first-order chi connectivity index (χ1) is 14.0. The molecule has 0 aromatic heterocycles. The van der Waals surface area contributed by atoms with Crippen molar-refractivity contribution in [2.24, 2.45) is 23.7 Å². The first-order valence-electron chi connectivity index (χ1n) is 12.8. The van der Waals surface area contributed by atoms with Gasteiger partial charge in [-0.25, -0.2) is 0 Å². The number of carbonyl (C=O) groups is 1. The SMILES string of the molecule is C=C(C)CC1CCC(OC(=O)C2CCCCC2)CC1.CCCC1CCC(C)CC1. The molecule has 0 aromatic carbocycles. The lowest BCUT2D eigenvalue weighted by Crippen LogP contribution is -2.29. The van der Waals surface area contributed by atoms with E-state index >= 15 is 0 Å². The number of allylic oxidation sites excluding steroid dienone is 1. The van der Waals surface area contributed by atoms with E-state index in [1.165, 1.54) is 76.2 Å². The lowest BCUT2D eigenvalue weighted by atomic mass is 9.81. The van der Waals surface area contributed by atoms with Crippen molar-refractivity contribution in [3.63, 3.8) is 0 Å². The van der Waals surface area contributed by atoms with Crippen LogP contribution in [0.4, 0.5) is 0 Å². The van der Waals surface area contributed by atoms with Gasteiger partial charge in [0.1, 0.15) is 6.10 Å². The molecule has 0 aliphatic heterocycles. The fourth-order valence-electron chi connectivity index (χ4n) is 5.57. The second-order valence-corrected chi connectivity index (χ2v) is 10.5. The smallest absolute Gasteiger partial charge is 0.309 e. The van der Waals surface area contributed by atoms with Crippen LogP contribution in [0, 0.1) is 23.7 Å². The Balaban J connectivity index is 0.000000253. The summed E-state index contributed by atoms with van der Waals surface area (Å²) in [6, 6.07) is 0. The first-order valence-corrected chi connectivity index (χ1v) is 12.8. The van der Waals surface area contributed by atoms with Crippen LogP contribution in [0.2, 0.25) is 0 Å². The van der Waals surface area contributed by atoms with Gasteiger partial charge in [-0.05, 0) is 69.6 Å². The third-order valence-corrected chi connectivity index (χ3v) is 7.48. The molecule has 2 heteroatoms. The van der Waals surface area contributed by atoms with E-state index in [-0.39, 0.29) is 18.0 Å². The highest BCUT2D eigenvalue weighted by Crippen LogP contribution is 2.32. The van der Waals surface area contributed by atoms with Gasteiger partial charge in [-0.3, -0.25) is 4.79 Å². The topological polar surface area (TPSA) is 26.3 Å². The molecule has 168 valence electrons. The van der Waals surface area contributed by atoms with E-state index < -0.39 is 0 Å². The zero-order valence-electron chi connectivity index (χ0n) is 19.7. The van der Waals surface area contributed by atoms with Gasteiger partial charge in [0.15, 0.2) is 0 Å². The molecular weight excluding hydrogens is 356 g/mol. The van der Waals surface area contributed by atoms with Crippen molar-refractivity contribution < 1.29 is 9.53 Å². The Bertz CT molecular complexity index is 461. The second kappa shape index (κ2) is 13.5. The number of hydrogen-bond donors (Lipinski definition) is 0. The Morgan fingerprint density at radius 1 is 0.862 bits per heavy atom. The molecule has 3 fully saturated rings. The van der Waals surface area contributed by atoms with Gasteiger partial charge in [0.2, 0.25) is 0 Å². The molecule has 0 radical (unpaired) electrons. The molecule has 3 aliphatic rings. The highest BCUT2D eigenvalue weighted by molar-refractivity contribution is 5.72. The largest absolute Gasteiger partial charge is 0.462 e. The molecule has 3 aliphatic carbocycles. The van der Waals surface area contributed by atoms with Gasteiger partial charge < -0.3 is 4.74 Å². The van der Waals surface area contributed by atoms with Crippen LogP contribution in [0.25, 0.3) is 0 Å². The quantitative estimate of drug-likeness (QED) is 0.329. The maximum absolute atomic E-state index is 12.1. The van der Waals surface area contributed by atoms with Crippen LogP contribution in [0.1, 0.15) is 124 Å². The van der Waals surface area contributed by atoms with Gasteiger partial charge in [0, 0.05) is 0 Å². The minimum absolute atomic E-state index is 0.0862. The second-order valence-electron chi connectivity index (χ2n) is 10.5. The fourth-order valence-corrected chi connectivity index (χ4v) is 5.57. The van der Waals surface area contributed by atoms with Crippen molar-refractivity contribution >= 4 is 5.97 Å². The molecule has 0 spiro atoms. The highest BCUT2D eigenvalue weighted by atomic mass is 16.5. The van der Waals surface area contributed by atoms with Crippen molar-refractivity contribution in [3.05, 3.63) is 12.2 Å². The Morgan fingerprint density at radius 2 is 1.45 bits per heavy atom. The summed E-state index contributed by atoms with van der Waals surface area (Å²) in [6.45, 7) is 10.8. The number of rotatable bonds is 6. The minimum atomic E-state index is 0.0862. The van der Waals surface area contributed by atoms with E-state index in [4.69, 9.17) is 4.74 Å². The molecule has 0 unspecified atom stereocenters. The van der Waals surface area contributed by atoms with Crippen LogP contribution < -0.4 is 0 Å². The molecule has 2 nitrogen and oxygen atoms in total. The number of carbonyl (C=O) groups excluding carboxylic acids is 1. The van der Waals surface area contributed by atoms with Gasteiger partial charge in [-0.1, -0.05) is 77.2 Å². The maximum atomic E-state index is 12.1. The molecule has 0 N–H and O–H groups in total. The molecule has 3 saturated carbocycles. The Morgan fingerprint density at radius 3 is 2.00 bits per heavy atom. The maximum Gasteiger partial charge on any atom is 0.309 e. The lowest BCUT2D eigenvalue weighted by Gasteiger charge is -2.30. The van der Waals surface area contributed by atoms with Crippen LogP contribution in [-0.2, 0) is 9.53 Å². The lowest BCUT2D eigenvalue weighted by molar-refractivity contribution is -0.157. The molecular formula is C27H48O2.